The third-order valence-corrected chi connectivity index (χ3v) is 4.29. The molecule has 0 saturated carbocycles. The molecular formula is C19H18N4O2. The van der Waals surface area contributed by atoms with E-state index < -0.39 is 0 Å². The van der Waals surface area contributed by atoms with Gasteiger partial charge in [-0.2, -0.15) is 5.10 Å². The van der Waals surface area contributed by atoms with Gasteiger partial charge in [0.1, 0.15) is 11.9 Å². The number of aryl methyl sites for hydroxylation is 2. The van der Waals surface area contributed by atoms with Gasteiger partial charge in [0, 0.05) is 10.9 Å². The standard InChI is InChI=1S/C19H18N4O2/c1-12-6-13(2)19-14(10-25-16(19)7-12)8-18(24)20-9-15-4-3-5-17-21-11-22-23(15)17/h3-7,10-11H,8-9H2,1-2H3,(H,20,24). The molecule has 0 saturated heterocycles. The zero-order valence-electron chi connectivity index (χ0n) is 14.1. The molecule has 1 aromatic carbocycles. The lowest BCUT2D eigenvalue weighted by Gasteiger charge is -2.07. The third-order valence-electron chi connectivity index (χ3n) is 4.29. The summed E-state index contributed by atoms with van der Waals surface area (Å²) < 4.78 is 7.34. The first-order valence-electron chi connectivity index (χ1n) is 8.13. The normalized spacial score (nSPS) is 11.3. The molecule has 4 aromatic rings. The second-order valence-electron chi connectivity index (χ2n) is 6.22. The van der Waals surface area contributed by atoms with Crippen molar-refractivity contribution in [1.29, 1.82) is 0 Å². The first-order chi connectivity index (χ1) is 12.1. The van der Waals surface area contributed by atoms with Gasteiger partial charge in [-0.3, -0.25) is 4.79 Å². The summed E-state index contributed by atoms with van der Waals surface area (Å²) in [7, 11) is 0. The summed E-state index contributed by atoms with van der Waals surface area (Å²) in [5.74, 6) is -0.0557. The molecule has 0 aliphatic heterocycles. The van der Waals surface area contributed by atoms with Crippen molar-refractivity contribution in [2.45, 2.75) is 26.8 Å². The van der Waals surface area contributed by atoms with Crippen molar-refractivity contribution >= 4 is 22.5 Å². The fourth-order valence-corrected chi connectivity index (χ4v) is 3.22. The van der Waals surface area contributed by atoms with Crippen LogP contribution >= 0.6 is 0 Å². The van der Waals surface area contributed by atoms with Gasteiger partial charge in [-0.1, -0.05) is 12.1 Å². The van der Waals surface area contributed by atoms with E-state index in [1.54, 1.807) is 10.8 Å². The van der Waals surface area contributed by atoms with Crippen LogP contribution in [0.15, 0.2) is 47.3 Å². The Kier molecular flexibility index (Phi) is 3.72. The summed E-state index contributed by atoms with van der Waals surface area (Å²) in [5, 5.41) is 8.14. The smallest absolute Gasteiger partial charge is 0.224 e. The number of carbonyl (C=O) groups is 1. The Labute approximate surface area is 144 Å². The van der Waals surface area contributed by atoms with E-state index in [0.717, 1.165) is 39.0 Å². The first kappa shape index (κ1) is 15.4. The van der Waals surface area contributed by atoms with E-state index in [1.807, 2.05) is 38.1 Å². The highest BCUT2D eigenvalue weighted by Crippen LogP contribution is 2.26. The van der Waals surface area contributed by atoms with Crippen LogP contribution in [0, 0.1) is 13.8 Å². The van der Waals surface area contributed by atoms with E-state index in [1.165, 1.54) is 6.33 Å². The Bertz CT molecular complexity index is 1080. The van der Waals surface area contributed by atoms with Gasteiger partial charge < -0.3 is 9.73 Å². The minimum atomic E-state index is -0.0557. The predicted octanol–water partition coefficient (Wildman–Crippen LogP) is 2.95. The van der Waals surface area contributed by atoms with Gasteiger partial charge in [-0.25, -0.2) is 9.50 Å². The molecule has 4 rings (SSSR count). The molecular weight excluding hydrogens is 316 g/mol. The number of amides is 1. The van der Waals surface area contributed by atoms with Crippen molar-refractivity contribution < 1.29 is 9.21 Å². The molecule has 6 heteroatoms. The Morgan fingerprint density at radius 2 is 2.16 bits per heavy atom. The van der Waals surface area contributed by atoms with Crippen LogP contribution in [0.1, 0.15) is 22.4 Å². The van der Waals surface area contributed by atoms with Gasteiger partial charge in [0.25, 0.3) is 0 Å². The fourth-order valence-electron chi connectivity index (χ4n) is 3.22. The second kappa shape index (κ2) is 6.05. The summed E-state index contributed by atoms with van der Waals surface area (Å²) in [6.45, 7) is 4.47. The van der Waals surface area contributed by atoms with E-state index in [4.69, 9.17) is 4.42 Å². The maximum Gasteiger partial charge on any atom is 0.224 e. The highest BCUT2D eigenvalue weighted by atomic mass is 16.3. The van der Waals surface area contributed by atoms with Gasteiger partial charge in [0.05, 0.1) is 24.9 Å². The van der Waals surface area contributed by atoms with E-state index in [9.17, 15) is 4.79 Å². The fraction of sp³-hybridized carbons (Fsp3) is 0.211. The number of furan rings is 1. The number of rotatable bonds is 4. The van der Waals surface area contributed by atoms with Crippen molar-refractivity contribution in [1.82, 2.24) is 19.9 Å². The van der Waals surface area contributed by atoms with Crippen molar-refractivity contribution in [3.05, 3.63) is 65.3 Å². The molecule has 0 aliphatic rings. The molecule has 3 heterocycles. The van der Waals surface area contributed by atoms with Crippen LogP contribution in [-0.2, 0) is 17.8 Å². The molecule has 0 bridgehead atoms. The van der Waals surface area contributed by atoms with Gasteiger partial charge in [-0.05, 0) is 43.2 Å². The molecule has 1 N–H and O–H groups in total. The molecule has 0 fully saturated rings. The minimum absolute atomic E-state index is 0.0557. The third kappa shape index (κ3) is 2.87. The van der Waals surface area contributed by atoms with Gasteiger partial charge in [0.2, 0.25) is 5.91 Å². The van der Waals surface area contributed by atoms with Crippen LogP contribution in [0.25, 0.3) is 16.6 Å². The Balaban J connectivity index is 1.50. The average Bonchev–Trinajstić information content (AvgIpc) is 3.20. The number of aromatic nitrogens is 3. The number of nitrogens with one attached hydrogen (secondary N) is 1. The van der Waals surface area contributed by atoms with Crippen LogP contribution in [0.2, 0.25) is 0 Å². The maximum absolute atomic E-state index is 12.4. The molecule has 0 aliphatic carbocycles. The largest absolute Gasteiger partial charge is 0.464 e. The number of nitrogens with zero attached hydrogens (tertiary/aromatic N) is 3. The first-order valence-corrected chi connectivity index (χ1v) is 8.13. The Hall–Kier alpha value is -3.15. The summed E-state index contributed by atoms with van der Waals surface area (Å²) >= 11 is 0. The van der Waals surface area contributed by atoms with Crippen LogP contribution < -0.4 is 5.32 Å². The predicted molar refractivity (Wildman–Crippen MR) is 94.2 cm³/mol. The molecule has 25 heavy (non-hydrogen) atoms. The van der Waals surface area contributed by atoms with Crippen molar-refractivity contribution in [3.8, 4) is 0 Å². The zero-order valence-corrected chi connectivity index (χ0v) is 14.1. The summed E-state index contributed by atoms with van der Waals surface area (Å²) in [6, 6.07) is 9.80. The van der Waals surface area contributed by atoms with E-state index in [-0.39, 0.29) is 12.3 Å². The number of carbonyl (C=O) groups excluding carboxylic acids is 1. The Morgan fingerprint density at radius 3 is 3.04 bits per heavy atom. The van der Waals surface area contributed by atoms with Gasteiger partial charge >= 0.3 is 0 Å². The highest BCUT2D eigenvalue weighted by molar-refractivity contribution is 5.90. The van der Waals surface area contributed by atoms with E-state index in [0.29, 0.717) is 6.54 Å². The molecule has 0 atom stereocenters. The quantitative estimate of drug-likeness (QED) is 0.623. The molecule has 6 nitrogen and oxygen atoms in total. The van der Waals surface area contributed by atoms with Crippen molar-refractivity contribution in [2.24, 2.45) is 0 Å². The lowest BCUT2D eigenvalue weighted by molar-refractivity contribution is -0.120. The highest BCUT2D eigenvalue weighted by Gasteiger charge is 2.13. The number of fused-ring (bicyclic) bond motifs is 2. The summed E-state index contributed by atoms with van der Waals surface area (Å²) in [4.78, 5) is 16.5. The van der Waals surface area contributed by atoms with E-state index >= 15 is 0 Å². The van der Waals surface area contributed by atoms with E-state index in [2.05, 4.69) is 21.5 Å². The van der Waals surface area contributed by atoms with Crippen molar-refractivity contribution in [3.63, 3.8) is 0 Å². The topological polar surface area (TPSA) is 72.4 Å². The lowest BCUT2D eigenvalue weighted by Crippen LogP contribution is -2.25. The zero-order chi connectivity index (χ0) is 17.4. The van der Waals surface area contributed by atoms with Crippen LogP contribution in [0.4, 0.5) is 0 Å². The van der Waals surface area contributed by atoms with Crippen molar-refractivity contribution in [2.75, 3.05) is 0 Å². The molecule has 3 aromatic heterocycles. The monoisotopic (exact) mass is 334 g/mol. The molecule has 126 valence electrons. The van der Waals surface area contributed by atoms with Gasteiger partial charge in [-0.15, -0.1) is 0 Å². The Morgan fingerprint density at radius 1 is 1.28 bits per heavy atom. The molecule has 0 unspecified atom stereocenters. The SMILES string of the molecule is Cc1cc(C)c2c(CC(=O)NCc3cccc4ncnn34)coc2c1. The number of benzene rings is 1. The van der Waals surface area contributed by atoms with Crippen LogP contribution in [0.5, 0.6) is 0 Å². The van der Waals surface area contributed by atoms with Gasteiger partial charge in [0.15, 0.2) is 5.65 Å². The average molecular weight is 334 g/mol. The lowest BCUT2D eigenvalue weighted by atomic mass is 10.0. The summed E-state index contributed by atoms with van der Waals surface area (Å²) in [5.41, 5.74) is 5.65. The molecule has 0 radical (unpaired) electrons. The second-order valence-corrected chi connectivity index (χ2v) is 6.22. The number of hydrogen-bond acceptors (Lipinski definition) is 4. The van der Waals surface area contributed by atoms with Crippen LogP contribution in [-0.4, -0.2) is 20.5 Å². The number of pyridine rings is 1. The minimum Gasteiger partial charge on any atom is -0.464 e. The van der Waals surface area contributed by atoms with Crippen LogP contribution in [0.3, 0.4) is 0 Å². The summed E-state index contributed by atoms with van der Waals surface area (Å²) in [6.07, 6.45) is 3.46. The molecule has 1 amide bonds. The maximum atomic E-state index is 12.4. The number of hydrogen-bond donors (Lipinski definition) is 1. The molecule has 0 spiro atoms.